The molecule has 2 aromatic heterocycles. The number of aliphatic carboxylic acids is 1. The van der Waals surface area contributed by atoms with Gasteiger partial charge in [0.1, 0.15) is 10.4 Å². The maximum Gasteiger partial charge on any atom is 0.341 e. The highest BCUT2D eigenvalue weighted by atomic mass is 32.1. The van der Waals surface area contributed by atoms with Crippen LogP contribution >= 0.6 is 11.3 Å². The number of aryl methyl sites for hydroxylation is 2. The molecule has 0 bridgehead atoms. The molecule has 0 atom stereocenters. The van der Waals surface area contributed by atoms with Gasteiger partial charge in [-0.05, 0) is 19.4 Å². The lowest BCUT2D eigenvalue weighted by atomic mass is 10.2. The molecule has 0 amide bonds. The largest absolute Gasteiger partial charge is 0.481 e. The normalized spacial score (nSPS) is 10.8. The fraction of sp³-hybridized carbons (Fsp3) is 0.308. The minimum atomic E-state index is -1.27. The van der Waals surface area contributed by atoms with E-state index in [0.717, 1.165) is 4.88 Å². The molecule has 0 aromatic carbocycles. The van der Waals surface area contributed by atoms with Gasteiger partial charge < -0.3 is 14.8 Å². The van der Waals surface area contributed by atoms with Gasteiger partial charge in [0, 0.05) is 24.0 Å². The minimum Gasteiger partial charge on any atom is -0.481 e. The van der Waals surface area contributed by atoms with E-state index < -0.39 is 17.4 Å². The average molecular weight is 295 g/mol. The van der Waals surface area contributed by atoms with E-state index in [1.165, 1.54) is 17.5 Å². The molecule has 2 heterocycles. The van der Waals surface area contributed by atoms with Crippen LogP contribution in [0.25, 0.3) is 10.2 Å². The van der Waals surface area contributed by atoms with E-state index in [-0.39, 0.29) is 12.0 Å². The van der Waals surface area contributed by atoms with Crippen molar-refractivity contribution in [1.82, 2.24) is 4.57 Å². The third-order valence-corrected chi connectivity index (χ3v) is 3.98. The van der Waals surface area contributed by atoms with Crippen molar-refractivity contribution in [2.45, 2.75) is 26.3 Å². The van der Waals surface area contributed by atoms with Crippen molar-refractivity contribution in [3.8, 4) is 0 Å². The van der Waals surface area contributed by atoms with Crippen LogP contribution in [0.1, 0.15) is 28.1 Å². The van der Waals surface area contributed by atoms with Crippen molar-refractivity contribution in [1.29, 1.82) is 0 Å². The summed E-state index contributed by atoms with van der Waals surface area (Å²) in [6.07, 6.45) is 1.68. The number of thiophene rings is 1. The Morgan fingerprint density at radius 2 is 2.05 bits per heavy atom. The molecular weight excluding hydrogens is 282 g/mol. The van der Waals surface area contributed by atoms with Gasteiger partial charge in [-0.1, -0.05) is 0 Å². The topological polar surface area (TPSA) is 96.6 Å². The van der Waals surface area contributed by atoms with Gasteiger partial charge >= 0.3 is 11.9 Å². The average Bonchev–Trinajstić information content (AvgIpc) is 2.73. The SMILES string of the molecule is Cc1cc2c(=O)c(C(=O)O)cn(CCCC(=O)O)c2s1. The first kappa shape index (κ1) is 14.3. The van der Waals surface area contributed by atoms with Crippen LogP contribution in [0.15, 0.2) is 17.1 Å². The van der Waals surface area contributed by atoms with Crippen molar-refractivity contribution in [2.75, 3.05) is 0 Å². The van der Waals surface area contributed by atoms with Gasteiger partial charge in [-0.15, -0.1) is 11.3 Å². The molecule has 20 heavy (non-hydrogen) atoms. The second kappa shape index (κ2) is 5.46. The Bertz CT molecular complexity index is 743. The van der Waals surface area contributed by atoms with E-state index in [1.807, 2.05) is 6.92 Å². The Morgan fingerprint density at radius 3 is 2.65 bits per heavy atom. The summed E-state index contributed by atoms with van der Waals surface area (Å²) in [5.41, 5.74) is -0.781. The Morgan fingerprint density at radius 1 is 1.35 bits per heavy atom. The molecule has 0 fully saturated rings. The van der Waals surface area contributed by atoms with Crippen molar-refractivity contribution in [3.05, 3.63) is 32.9 Å². The summed E-state index contributed by atoms with van der Waals surface area (Å²) >= 11 is 1.39. The zero-order valence-electron chi connectivity index (χ0n) is 10.8. The molecule has 0 radical (unpaired) electrons. The van der Waals surface area contributed by atoms with E-state index in [1.54, 1.807) is 10.6 Å². The lowest BCUT2D eigenvalue weighted by Gasteiger charge is -2.08. The first-order valence-corrected chi connectivity index (χ1v) is 6.80. The lowest BCUT2D eigenvalue weighted by molar-refractivity contribution is -0.137. The third kappa shape index (κ3) is 2.72. The zero-order valence-corrected chi connectivity index (χ0v) is 11.6. The fourth-order valence-electron chi connectivity index (χ4n) is 2.02. The number of aromatic nitrogens is 1. The van der Waals surface area contributed by atoms with Gasteiger partial charge in [0.05, 0.1) is 5.39 Å². The van der Waals surface area contributed by atoms with Gasteiger partial charge in [-0.25, -0.2) is 4.79 Å². The van der Waals surface area contributed by atoms with Crippen LogP contribution < -0.4 is 5.43 Å². The molecular formula is C13H13NO5S. The second-order valence-corrected chi connectivity index (χ2v) is 5.68. The summed E-state index contributed by atoms with van der Waals surface area (Å²) in [7, 11) is 0. The molecule has 0 spiro atoms. The number of pyridine rings is 1. The van der Waals surface area contributed by atoms with Crippen molar-refractivity contribution >= 4 is 33.5 Å². The molecule has 0 saturated carbocycles. The number of hydrogen-bond donors (Lipinski definition) is 2. The molecule has 0 aliphatic carbocycles. The van der Waals surface area contributed by atoms with Crippen LogP contribution in [-0.2, 0) is 11.3 Å². The Hall–Kier alpha value is -2.15. The molecule has 6 nitrogen and oxygen atoms in total. The number of aromatic carboxylic acids is 1. The monoisotopic (exact) mass is 295 g/mol. The van der Waals surface area contributed by atoms with Crippen molar-refractivity contribution in [2.24, 2.45) is 0 Å². The van der Waals surface area contributed by atoms with Crippen LogP contribution in [0.2, 0.25) is 0 Å². The molecule has 0 saturated heterocycles. The smallest absolute Gasteiger partial charge is 0.341 e. The fourth-order valence-corrected chi connectivity index (χ4v) is 3.02. The van der Waals surface area contributed by atoms with Gasteiger partial charge in [-0.2, -0.15) is 0 Å². The van der Waals surface area contributed by atoms with Crippen LogP contribution in [0.5, 0.6) is 0 Å². The number of carboxylic acids is 2. The predicted molar refractivity (Wildman–Crippen MR) is 74.7 cm³/mol. The van der Waals surface area contributed by atoms with Crippen LogP contribution in [0, 0.1) is 6.92 Å². The predicted octanol–water partition coefficient (Wildman–Crippen LogP) is 1.93. The molecule has 2 N–H and O–H groups in total. The number of hydrogen-bond acceptors (Lipinski definition) is 4. The van der Waals surface area contributed by atoms with Gasteiger partial charge in [-0.3, -0.25) is 9.59 Å². The van der Waals surface area contributed by atoms with Crippen LogP contribution in [0.4, 0.5) is 0 Å². The zero-order chi connectivity index (χ0) is 14.9. The molecule has 2 aromatic rings. The summed E-state index contributed by atoms with van der Waals surface area (Å²) in [5, 5.41) is 18.1. The summed E-state index contributed by atoms with van der Waals surface area (Å²) < 4.78 is 1.65. The Balaban J connectivity index is 2.51. The van der Waals surface area contributed by atoms with Crippen LogP contribution in [0.3, 0.4) is 0 Å². The summed E-state index contributed by atoms with van der Waals surface area (Å²) in [5.74, 6) is -2.17. The first-order chi connectivity index (χ1) is 9.40. The van der Waals surface area contributed by atoms with E-state index in [9.17, 15) is 14.4 Å². The van der Waals surface area contributed by atoms with E-state index in [0.29, 0.717) is 23.2 Å². The summed E-state index contributed by atoms with van der Waals surface area (Å²) in [6.45, 7) is 2.20. The summed E-state index contributed by atoms with van der Waals surface area (Å²) in [6, 6.07) is 1.67. The Kier molecular flexibility index (Phi) is 3.89. The van der Waals surface area contributed by atoms with E-state index in [4.69, 9.17) is 10.2 Å². The number of fused-ring (bicyclic) bond motifs is 1. The molecule has 2 rings (SSSR count). The standard InChI is InChI=1S/C13H13NO5S/c1-7-5-8-11(17)9(13(18)19)6-14(12(8)20-7)4-2-3-10(15)16/h5-6H,2-4H2,1H3,(H,15,16)(H,18,19). The minimum absolute atomic E-state index is 0.000379. The maximum atomic E-state index is 12.0. The summed E-state index contributed by atoms with van der Waals surface area (Å²) in [4.78, 5) is 35.3. The van der Waals surface area contributed by atoms with Gasteiger partial charge in [0.15, 0.2) is 0 Å². The molecule has 7 heteroatoms. The molecule has 0 aliphatic heterocycles. The molecule has 0 aliphatic rings. The number of rotatable bonds is 5. The van der Waals surface area contributed by atoms with Crippen LogP contribution in [-0.4, -0.2) is 26.7 Å². The number of carboxylic acid groups (broad SMARTS) is 2. The van der Waals surface area contributed by atoms with E-state index in [2.05, 4.69) is 0 Å². The molecule has 0 unspecified atom stereocenters. The molecule has 106 valence electrons. The second-order valence-electron chi connectivity index (χ2n) is 4.44. The van der Waals surface area contributed by atoms with Crippen molar-refractivity contribution < 1.29 is 19.8 Å². The van der Waals surface area contributed by atoms with E-state index >= 15 is 0 Å². The maximum absolute atomic E-state index is 12.0. The lowest BCUT2D eigenvalue weighted by Crippen LogP contribution is -2.18. The van der Waals surface area contributed by atoms with Crippen molar-refractivity contribution in [3.63, 3.8) is 0 Å². The number of carbonyl (C=O) groups is 2. The first-order valence-electron chi connectivity index (χ1n) is 5.99. The highest BCUT2D eigenvalue weighted by Crippen LogP contribution is 2.23. The van der Waals surface area contributed by atoms with Gasteiger partial charge in [0.25, 0.3) is 0 Å². The quantitative estimate of drug-likeness (QED) is 0.878. The Labute approximate surface area is 117 Å². The highest BCUT2D eigenvalue weighted by molar-refractivity contribution is 7.18. The highest BCUT2D eigenvalue weighted by Gasteiger charge is 2.16. The van der Waals surface area contributed by atoms with Gasteiger partial charge in [0.2, 0.25) is 5.43 Å². The number of nitrogens with zero attached hydrogens (tertiary/aromatic N) is 1. The third-order valence-electron chi connectivity index (χ3n) is 2.89.